The first kappa shape index (κ1) is 20.8. The third kappa shape index (κ3) is 7.35. The summed E-state index contributed by atoms with van der Waals surface area (Å²) in [5.41, 5.74) is 2.36. The molecule has 0 bridgehead atoms. The smallest absolute Gasteiger partial charge is 0.162 e. The molecular weight excluding hydrogens is 332 g/mol. The molecule has 0 radical (unpaired) electrons. The quantitative estimate of drug-likeness (QED) is 0.322. The maximum Gasteiger partial charge on any atom is 0.162 e. The van der Waals surface area contributed by atoms with Crippen LogP contribution in [0.3, 0.4) is 0 Å². The minimum absolute atomic E-state index is 0.181. The van der Waals surface area contributed by atoms with Crippen molar-refractivity contribution >= 4 is 5.78 Å². The van der Waals surface area contributed by atoms with Gasteiger partial charge in [-0.3, -0.25) is 9.78 Å². The fraction of sp³-hybridized carbons (Fsp3) is 0.458. The van der Waals surface area contributed by atoms with E-state index in [0.717, 1.165) is 30.5 Å². The van der Waals surface area contributed by atoms with Crippen molar-refractivity contribution in [3.8, 4) is 6.07 Å². The summed E-state index contributed by atoms with van der Waals surface area (Å²) >= 11 is 0. The molecule has 1 aromatic carbocycles. The average molecular weight is 363 g/mol. The highest BCUT2D eigenvalue weighted by molar-refractivity contribution is 5.95. The molecule has 142 valence electrons. The van der Waals surface area contributed by atoms with E-state index in [1.165, 1.54) is 32.1 Å². The minimum Gasteiger partial charge on any atom is -0.294 e. The summed E-state index contributed by atoms with van der Waals surface area (Å²) in [5.74, 6) is 0.414. The Morgan fingerprint density at radius 3 is 2.52 bits per heavy atom. The maximum absolute atomic E-state index is 12.5. The molecule has 2 rings (SSSR count). The molecule has 0 saturated carbocycles. The zero-order valence-corrected chi connectivity index (χ0v) is 16.4. The first-order valence-corrected chi connectivity index (χ1v) is 10.2. The third-order valence-corrected chi connectivity index (χ3v) is 5.05. The number of carbonyl (C=O) groups is 1. The first-order chi connectivity index (χ1) is 13.2. The number of hydrogen-bond donors (Lipinski definition) is 0. The summed E-state index contributed by atoms with van der Waals surface area (Å²) < 4.78 is 0. The lowest BCUT2D eigenvalue weighted by molar-refractivity contribution is 0.0976. The minimum atomic E-state index is 0.181. The van der Waals surface area contributed by atoms with Crippen LogP contribution in [0.4, 0.5) is 0 Å². The molecule has 2 aromatic rings. The van der Waals surface area contributed by atoms with E-state index in [9.17, 15) is 10.1 Å². The normalized spacial score (nSPS) is 11.7. The van der Waals surface area contributed by atoms with Gasteiger partial charge in [-0.15, -0.1) is 0 Å². The van der Waals surface area contributed by atoms with E-state index in [1.54, 1.807) is 12.3 Å². The van der Waals surface area contributed by atoms with Gasteiger partial charge in [0.15, 0.2) is 5.78 Å². The second-order valence-electron chi connectivity index (χ2n) is 7.16. The predicted octanol–water partition coefficient (Wildman–Crippen LogP) is 6.45. The molecule has 0 fully saturated rings. The SMILES string of the molecule is CCCCCCCCC(CCC(=O)c1ccccc1)c1cc(C#N)ccn1. The van der Waals surface area contributed by atoms with Gasteiger partial charge < -0.3 is 0 Å². The summed E-state index contributed by atoms with van der Waals surface area (Å²) in [6.07, 6.45) is 11.5. The Morgan fingerprint density at radius 2 is 1.78 bits per heavy atom. The van der Waals surface area contributed by atoms with E-state index in [0.29, 0.717) is 12.0 Å². The molecule has 0 saturated heterocycles. The van der Waals surface area contributed by atoms with E-state index in [2.05, 4.69) is 18.0 Å². The number of unbranched alkanes of at least 4 members (excludes halogenated alkanes) is 5. The van der Waals surface area contributed by atoms with E-state index < -0.39 is 0 Å². The van der Waals surface area contributed by atoms with Crippen molar-refractivity contribution in [3.05, 3.63) is 65.5 Å². The molecule has 0 aliphatic carbocycles. The molecule has 0 spiro atoms. The van der Waals surface area contributed by atoms with Gasteiger partial charge >= 0.3 is 0 Å². The molecule has 27 heavy (non-hydrogen) atoms. The van der Waals surface area contributed by atoms with Crippen LogP contribution < -0.4 is 0 Å². The summed E-state index contributed by atoms with van der Waals surface area (Å²) in [6.45, 7) is 2.23. The van der Waals surface area contributed by atoms with Gasteiger partial charge in [0.05, 0.1) is 11.6 Å². The number of rotatable bonds is 12. The average Bonchev–Trinajstić information content (AvgIpc) is 2.73. The van der Waals surface area contributed by atoms with Crippen molar-refractivity contribution in [1.29, 1.82) is 5.26 Å². The van der Waals surface area contributed by atoms with Crippen LogP contribution in [0.15, 0.2) is 48.7 Å². The van der Waals surface area contributed by atoms with Crippen molar-refractivity contribution in [2.45, 2.75) is 70.6 Å². The van der Waals surface area contributed by atoms with Gasteiger partial charge in [-0.25, -0.2) is 0 Å². The summed E-state index contributed by atoms with van der Waals surface area (Å²) in [7, 11) is 0. The zero-order valence-electron chi connectivity index (χ0n) is 16.4. The second-order valence-corrected chi connectivity index (χ2v) is 7.16. The van der Waals surface area contributed by atoms with Crippen molar-refractivity contribution in [3.63, 3.8) is 0 Å². The number of hydrogen-bond acceptors (Lipinski definition) is 3. The van der Waals surface area contributed by atoms with Crippen molar-refractivity contribution in [2.75, 3.05) is 0 Å². The number of aromatic nitrogens is 1. The molecule has 1 heterocycles. The number of benzene rings is 1. The monoisotopic (exact) mass is 362 g/mol. The lowest BCUT2D eigenvalue weighted by Gasteiger charge is -2.16. The first-order valence-electron chi connectivity index (χ1n) is 10.2. The highest BCUT2D eigenvalue weighted by Gasteiger charge is 2.16. The highest BCUT2D eigenvalue weighted by atomic mass is 16.1. The Bertz CT molecular complexity index is 734. The van der Waals surface area contributed by atoms with E-state index in [1.807, 2.05) is 36.4 Å². The highest BCUT2D eigenvalue weighted by Crippen LogP contribution is 2.27. The van der Waals surface area contributed by atoms with Crippen LogP contribution in [0.5, 0.6) is 0 Å². The van der Waals surface area contributed by atoms with Crippen LogP contribution in [0, 0.1) is 11.3 Å². The van der Waals surface area contributed by atoms with Crippen LogP contribution in [0.2, 0.25) is 0 Å². The molecule has 0 aliphatic rings. The molecule has 0 amide bonds. The third-order valence-electron chi connectivity index (χ3n) is 5.05. The fourth-order valence-corrected chi connectivity index (χ4v) is 3.43. The van der Waals surface area contributed by atoms with E-state index in [-0.39, 0.29) is 11.7 Å². The van der Waals surface area contributed by atoms with Crippen molar-refractivity contribution in [2.24, 2.45) is 0 Å². The Morgan fingerprint density at radius 1 is 1.04 bits per heavy atom. The molecule has 1 aromatic heterocycles. The maximum atomic E-state index is 12.5. The van der Waals surface area contributed by atoms with Crippen LogP contribution in [-0.2, 0) is 0 Å². The summed E-state index contributed by atoms with van der Waals surface area (Å²) in [5, 5.41) is 9.18. The number of carbonyl (C=O) groups excluding carboxylic acids is 1. The summed E-state index contributed by atoms with van der Waals surface area (Å²) in [4.78, 5) is 17.0. The van der Waals surface area contributed by atoms with Crippen LogP contribution in [0.1, 0.15) is 92.2 Å². The Kier molecular flexibility index (Phi) is 9.27. The predicted molar refractivity (Wildman–Crippen MR) is 110 cm³/mol. The number of Topliss-reactive ketones (excluding diaryl/α,β-unsaturated/α-hetero) is 1. The molecular formula is C24H30N2O. The molecule has 0 aliphatic heterocycles. The number of pyridine rings is 1. The lowest BCUT2D eigenvalue weighted by Crippen LogP contribution is -2.07. The van der Waals surface area contributed by atoms with Gasteiger partial charge in [-0.2, -0.15) is 5.26 Å². The standard InChI is InChI=1S/C24H30N2O/c1-2-3-4-5-6-8-11-21(23-18-20(19-25)16-17-26-23)14-15-24(27)22-12-9-7-10-13-22/h7,9-10,12-13,16-18,21H,2-6,8,11,14-15H2,1H3. The topological polar surface area (TPSA) is 53.8 Å². The van der Waals surface area contributed by atoms with Crippen LogP contribution in [-0.4, -0.2) is 10.8 Å². The Balaban J connectivity index is 1.96. The Hall–Kier alpha value is -2.47. The van der Waals surface area contributed by atoms with Gasteiger partial charge in [0, 0.05) is 29.8 Å². The van der Waals surface area contributed by atoms with Gasteiger partial charge in [0.1, 0.15) is 0 Å². The van der Waals surface area contributed by atoms with E-state index >= 15 is 0 Å². The largest absolute Gasteiger partial charge is 0.294 e. The van der Waals surface area contributed by atoms with Gasteiger partial charge in [-0.05, 0) is 25.0 Å². The van der Waals surface area contributed by atoms with E-state index in [4.69, 9.17) is 0 Å². The lowest BCUT2D eigenvalue weighted by atomic mass is 9.90. The van der Waals surface area contributed by atoms with Crippen LogP contribution >= 0.6 is 0 Å². The number of nitriles is 1. The Labute approximate surface area is 163 Å². The van der Waals surface area contributed by atoms with Gasteiger partial charge in [0.2, 0.25) is 0 Å². The molecule has 3 heteroatoms. The molecule has 3 nitrogen and oxygen atoms in total. The fourth-order valence-electron chi connectivity index (χ4n) is 3.43. The zero-order chi connectivity index (χ0) is 19.3. The second kappa shape index (κ2) is 12.0. The van der Waals surface area contributed by atoms with Crippen LogP contribution in [0.25, 0.3) is 0 Å². The summed E-state index contributed by atoms with van der Waals surface area (Å²) in [6, 6.07) is 15.3. The molecule has 1 unspecified atom stereocenters. The van der Waals surface area contributed by atoms with Gasteiger partial charge in [-0.1, -0.05) is 75.8 Å². The molecule has 1 atom stereocenters. The molecule has 0 N–H and O–H groups in total. The van der Waals surface area contributed by atoms with Gasteiger partial charge in [0.25, 0.3) is 0 Å². The van der Waals surface area contributed by atoms with Crippen molar-refractivity contribution < 1.29 is 4.79 Å². The van der Waals surface area contributed by atoms with Crippen molar-refractivity contribution in [1.82, 2.24) is 4.98 Å². The number of ketones is 1. The number of nitrogens with zero attached hydrogens (tertiary/aromatic N) is 2.